The van der Waals surface area contributed by atoms with Crippen LogP contribution < -0.4 is 0 Å². The van der Waals surface area contributed by atoms with Gasteiger partial charge in [0.1, 0.15) is 0 Å². The molecule has 0 spiro atoms. The molecule has 1 nitrogen and oxygen atoms in total. The van der Waals surface area contributed by atoms with E-state index >= 15 is 0 Å². The number of nitrogens with zero attached hydrogens (tertiary/aromatic N) is 1. The summed E-state index contributed by atoms with van der Waals surface area (Å²) in [4.78, 5) is 2.49. The summed E-state index contributed by atoms with van der Waals surface area (Å²) in [6.07, 6.45) is 7.02. The second-order valence-corrected chi connectivity index (χ2v) is 4.49. The second kappa shape index (κ2) is 7.28. The SMILES string of the molecule is CC.CCCC1(CCC)CCN(C)C1. The van der Waals surface area contributed by atoms with Gasteiger partial charge in [-0.15, -0.1) is 0 Å². The van der Waals surface area contributed by atoms with Gasteiger partial charge >= 0.3 is 0 Å². The normalized spacial score (nSPS) is 20.4. The lowest BCUT2D eigenvalue weighted by atomic mass is 9.79. The van der Waals surface area contributed by atoms with Crippen molar-refractivity contribution in [1.82, 2.24) is 4.90 Å². The van der Waals surface area contributed by atoms with Crippen LogP contribution in [0.25, 0.3) is 0 Å². The predicted molar refractivity (Wildman–Crippen MR) is 65.7 cm³/mol. The minimum atomic E-state index is 0.693. The second-order valence-electron chi connectivity index (χ2n) is 4.49. The lowest BCUT2D eigenvalue weighted by Crippen LogP contribution is -2.24. The maximum Gasteiger partial charge on any atom is 0.00354 e. The maximum atomic E-state index is 2.49. The van der Waals surface area contributed by atoms with E-state index in [1.807, 2.05) is 13.8 Å². The third-order valence-electron chi connectivity index (χ3n) is 3.19. The molecule has 0 aromatic rings. The molecule has 1 aliphatic rings. The van der Waals surface area contributed by atoms with Gasteiger partial charge in [0.2, 0.25) is 0 Å². The van der Waals surface area contributed by atoms with E-state index in [1.165, 1.54) is 45.2 Å². The first-order valence-corrected chi connectivity index (χ1v) is 6.41. The molecule has 1 aliphatic heterocycles. The molecule has 86 valence electrons. The molecule has 0 bridgehead atoms. The molecular formula is C13H29N. The smallest absolute Gasteiger partial charge is 0.00354 e. The molecule has 0 atom stereocenters. The van der Waals surface area contributed by atoms with Crippen LogP contribution in [0, 0.1) is 5.41 Å². The topological polar surface area (TPSA) is 3.24 Å². The number of hydrogen-bond acceptors (Lipinski definition) is 1. The zero-order chi connectivity index (χ0) is 11.0. The van der Waals surface area contributed by atoms with Gasteiger partial charge in [-0.25, -0.2) is 0 Å². The van der Waals surface area contributed by atoms with Crippen molar-refractivity contribution in [3.8, 4) is 0 Å². The molecule has 1 saturated heterocycles. The highest BCUT2D eigenvalue weighted by atomic mass is 15.1. The minimum Gasteiger partial charge on any atom is -0.306 e. The summed E-state index contributed by atoms with van der Waals surface area (Å²) in [5, 5.41) is 0. The maximum absolute atomic E-state index is 2.49. The Kier molecular flexibility index (Phi) is 7.26. The van der Waals surface area contributed by atoms with Crippen LogP contribution in [0.15, 0.2) is 0 Å². The lowest BCUT2D eigenvalue weighted by molar-refractivity contribution is 0.236. The molecule has 1 fully saturated rings. The van der Waals surface area contributed by atoms with E-state index in [0.717, 1.165) is 0 Å². The third kappa shape index (κ3) is 4.00. The van der Waals surface area contributed by atoms with Gasteiger partial charge in [0.15, 0.2) is 0 Å². The van der Waals surface area contributed by atoms with Crippen molar-refractivity contribution in [3.05, 3.63) is 0 Å². The molecule has 0 aliphatic carbocycles. The van der Waals surface area contributed by atoms with Gasteiger partial charge in [-0.3, -0.25) is 0 Å². The van der Waals surface area contributed by atoms with E-state index < -0.39 is 0 Å². The van der Waals surface area contributed by atoms with Crippen LogP contribution in [0.2, 0.25) is 0 Å². The molecule has 0 aromatic carbocycles. The van der Waals surface area contributed by atoms with Crippen molar-refractivity contribution in [3.63, 3.8) is 0 Å². The first-order valence-electron chi connectivity index (χ1n) is 6.41. The molecule has 14 heavy (non-hydrogen) atoms. The standard InChI is InChI=1S/C11H23N.C2H6/c1-4-6-11(7-5-2)8-9-12(3)10-11;1-2/h4-10H2,1-3H3;1-2H3. The van der Waals surface area contributed by atoms with Gasteiger partial charge < -0.3 is 4.90 Å². The quantitative estimate of drug-likeness (QED) is 0.663. The Bertz CT molecular complexity index is 120. The van der Waals surface area contributed by atoms with E-state index in [4.69, 9.17) is 0 Å². The van der Waals surface area contributed by atoms with Crippen molar-refractivity contribution >= 4 is 0 Å². The molecule has 1 rings (SSSR count). The van der Waals surface area contributed by atoms with Gasteiger partial charge in [0, 0.05) is 6.54 Å². The van der Waals surface area contributed by atoms with Crippen LogP contribution in [-0.4, -0.2) is 25.0 Å². The van der Waals surface area contributed by atoms with Crippen molar-refractivity contribution in [1.29, 1.82) is 0 Å². The van der Waals surface area contributed by atoms with Gasteiger partial charge in [-0.1, -0.05) is 40.5 Å². The van der Waals surface area contributed by atoms with Crippen LogP contribution in [0.4, 0.5) is 0 Å². The van der Waals surface area contributed by atoms with Crippen molar-refractivity contribution in [2.24, 2.45) is 5.41 Å². The molecule has 0 aromatic heterocycles. The Morgan fingerprint density at radius 2 is 1.57 bits per heavy atom. The number of hydrogen-bond donors (Lipinski definition) is 0. The van der Waals surface area contributed by atoms with E-state index in [-0.39, 0.29) is 0 Å². The van der Waals surface area contributed by atoms with E-state index in [1.54, 1.807) is 0 Å². The summed E-state index contributed by atoms with van der Waals surface area (Å²) in [5.74, 6) is 0. The first kappa shape index (κ1) is 14.0. The molecule has 0 N–H and O–H groups in total. The molecule has 1 heterocycles. The molecule has 1 heteroatoms. The number of likely N-dealkylation sites (tertiary alicyclic amines) is 1. The molecular weight excluding hydrogens is 170 g/mol. The van der Waals surface area contributed by atoms with Crippen molar-refractivity contribution < 1.29 is 0 Å². The summed E-state index contributed by atoms with van der Waals surface area (Å²) < 4.78 is 0. The summed E-state index contributed by atoms with van der Waals surface area (Å²) in [6, 6.07) is 0. The fraction of sp³-hybridized carbons (Fsp3) is 1.00. The Hall–Kier alpha value is -0.0400. The van der Waals surface area contributed by atoms with Gasteiger partial charge in [0.25, 0.3) is 0 Å². The van der Waals surface area contributed by atoms with Crippen LogP contribution >= 0.6 is 0 Å². The zero-order valence-corrected chi connectivity index (χ0v) is 10.9. The van der Waals surface area contributed by atoms with Gasteiger partial charge in [0.05, 0.1) is 0 Å². The van der Waals surface area contributed by atoms with Crippen molar-refractivity contribution in [2.75, 3.05) is 20.1 Å². The molecule has 0 radical (unpaired) electrons. The van der Waals surface area contributed by atoms with E-state index in [9.17, 15) is 0 Å². The average Bonchev–Trinajstić information content (AvgIpc) is 2.52. The van der Waals surface area contributed by atoms with Gasteiger partial charge in [-0.05, 0) is 38.3 Å². The molecule has 0 saturated carbocycles. The van der Waals surface area contributed by atoms with E-state index in [0.29, 0.717) is 5.41 Å². The Morgan fingerprint density at radius 3 is 1.86 bits per heavy atom. The van der Waals surface area contributed by atoms with Crippen LogP contribution in [0.3, 0.4) is 0 Å². The Balaban J connectivity index is 0.000000791. The van der Waals surface area contributed by atoms with E-state index in [2.05, 4.69) is 25.8 Å². The fourth-order valence-corrected chi connectivity index (χ4v) is 2.75. The number of rotatable bonds is 4. The molecule has 0 amide bonds. The average molecular weight is 199 g/mol. The Labute approximate surface area is 90.9 Å². The third-order valence-corrected chi connectivity index (χ3v) is 3.19. The van der Waals surface area contributed by atoms with Crippen LogP contribution in [0.1, 0.15) is 59.8 Å². The minimum absolute atomic E-state index is 0.693. The first-order chi connectivity index (χ1) is 6.72. The fourth-order valence-electron chi connectivity index (χ4n) is 2.75. The highest BCUT2D eigenvalue weighted by Crippen LogP contribution is 2.38. The zero-order valence-electron chi connectivity index (χ0n) is 10.9. The van der Waals surface area contributed by atoms with Crippen LogP contribution in [-0.2, 0) is 0 Å². The Morgan fingerprint density at radius 1 is 1.07 bits per heavy atom. The highest BCUT2D eigenvalue weighted by molar-refractivity contribution is 4.87. The van der Waals surface area contributed by atoms with Crippen LogP contribution in [0.5, 0.6) is 0 Å². The van der Waals surface area contributed by atoms with Gasteiger partial charge in [-0.2, -0.15) is 0 Å². The lowest BCUT2D eigenvalue weighted by Gasteiger charge is -2.28. The molecule has 0 unspecified atom stereocenters. The summed E-state index contributed by atoms with van der Waals surface area (Å²) in [5.41, 5.74) is 0.693. The largest absolute Gasteiger partial charge is 0.306 e. The van der Waals surface area contributed by atoms with Crippen molar-refractivity contribution in [2.45, 2.75) is 59.8 Å². The summed E-state index contributed by atoms with van der Waals surface area (Å²) >= 11 is 0. The summed E-state index contributed by atoms with van der Waals surface area (Å²) in [7, 11) is 2.26. The highest BCUT2D eigenvalue weighted by Gasteiger charge is 2.34. The summed E-state index contributed by atoms with van der Waals surface area (Å²) in [6.45, 7) is 11.3. The predicted octanol–water partition coefficient (Wildman–Crippen LogP) is 3.93. The monoisotopic (exact) mass is 199 g/mol.